The maximum atomic E-state index is 13.1. The Balaban J connectivity index is 1.70. The molecule has 1 aliphatic carbocycles. The fourth-order valence-electron chi connectivity index (χ4n) is 4.46. The summed E-state index contributed by atoms with van der Waals surface area (Å²) in [5, 5.41) is 8.02. The Morgan fingerprint density at radius 3 is 2.41 bits per heavy atom. The summed E-state index contributed by atoms with van der Waals surface area (Å²) >= 11 is 6.08. The highest BCUT2D eigenvalue weighted by molar-refractivity contribution is 7.92. The van der Waals surface area contributed by atoms with Crippen LogP contribution >= 0.6 is 11.6 Å². The minimum absolute atomic E-state index is 0.154. The van der Waals surface area contributed by atoms with Crippen molar-refractivity contribution in [3.05, 3.63) is 82.5 Å². The Hall–Kier alpha value is -3.56. The van der Waals surface area contributed by atoms with Gasteiger partial charge in [0, 0.05) is 17.6 Å². The van der Waals surface area contributed by atoms with Gasteiger partial charge in [-0.1, -0.05) is 35.9 Å². The van der Waals surface area contributed by atoms with E-state index in [2.05, 4.69) is 5.32 Å². The first-order valence-corrected chi connectivity index (χ1v) is 14.1. The number of hydrogen-bond donors (Lipinski definition) is 1. The number of nitrogens with zero attached hydrogens (tertiary/aromatic N) is 3. The van der Waals surface area contributed by atoms with Crippen LogP contribution in [0.15, 0.2) is 60.8 Å². The zero-order valence-corrected chi connectivity index (χ0v) is 22.3. The van der Waals surface area contributed by atoms with Gasteiger partial charge in [0.05, 0.1) is 42.9 Å². The van der Waals surface area contributed by atoms with Crippen molar-refractivity contribution in [1.82, 2.24) is 14.9 Å². The highest BCUT2D eigenvalue weighted by atomic mass is 35.5. The second-order valence-corrected chi connectivity index (χ2v) is 11.5. The van der Waals surface area contributed by atoms with Crippen molar-refractivity contribution in [2.24, 2.45) is 0 Å². The molecule has 0 saturated heterocycles. The minimum atomic E-state index is -3.64. The van der Waals surface area contributed by atoms with E-state index in [4.69, 9.17) is 21.4 Å². The van der Waals surface area contributed by atoms with Gasteiger partial charge in [-0.3, -0.25) is 9.10 Å². The van der Waals surface area contributed by atoms with E-state index in [0.717, 1.165) is 29.5 Å². The number of anilines is 1. The van der Waals surface area contributed by atoms with Gasteiger partial charge >= 0.3 is 0 Å². The molecule has 10 heteroatoms. The molecule has 1 amide bonds. The molecule has 1 fully saturated rings. The molecular weight excluding hydrogens is 512 g/mol. The highest BCUT2D eigenvalue weighted by Crippen LogP contribution is 2.46. The standard InChI is InChI=1S/C27H27ClN4O4S/c1-29-27(33)25-23-14-22(18-6-7-18)24(16-31(23)30-26(25)19-8-10-20(28)11-9-19)32(37(3,34)35)15-17-4-12-21(36-2)13-5-17/h4-5,8-14,16,18H,6-7,15H2,1-3H3,(H,29,33). The number of carbonyl (C=O) groups excluding carboxylic acids is 1. The van der Waals surface area contributed by atoms with Crippen LogP contribution in [-0.4, -0.2) is 44.4 Å². The van der Waals surface area contributed by atoms with Crippen LogP contribution in [0.5, 0.6) is 5.75 Å². The van der Waals surface area contributed by atoms with Crippen molar-refractivity contribution in [3.8, 4) is 17.0 Å². The third kappa shape index (κ3) is 5.01. The number of aromatic nitrogens is 2. The first kappa shape index (κ1) is 25.1. The first-order chi connectivity index (χ1) is 17.7. The molecule has 8 nitrogen and oxygen atoms in total. The predicted octanol–water partition coefficient (Wildman–Crippen LogP) is 4.87. The Bertz CT molecular complexity index is 1580. The number of halogens is 1. The van der Waals surface area contributed by atoms with E-state index in [1.165, 1.54) is 10.6 Å². The number of fused-ring (bicyclic) bond motifs is 1. The number of nitrogens with one attached hydrogen (secondary N) is 1. The smallest absolute Gasteiger partial charge is 0.255 e. The van der Waals surface area contributed by atoms with E-state index in [1.807, 2.05) is 42.5 Å². The van der Waals surface area contributed by atoms with Gasteiger partial charge in [-0.25, -0.2) is 12.9 Å². The Labute approximate surface area is 220 Å². The molecule has 37 heavy (non-hydrogen) atoms. The number of carbonyl (C=O) groups is 1. The number of pyridine rings is 1. The van der Waals surface area contributed by atoms with E-state index < -0.39 is 10.0 Å². The highest BCUT2D eigenvalue weighted by Gasteiger charge is 2.33. The van der Waals surface area contributed by atoms with E-state index in [9.17, 15) is 13.2 Å². The SMILES string of the molecule is CNC(=O)c1c(-c2ccc(Cl)cc2)nn2cc(N(Cc3ccc(OC)cc3)S(C)(=O)=O)c(C3CC3)cc12. The lowest BCUT2D eigenvalue weighted by molar-refractivity contribution is 0.0965. The molecule has 1 aliphatic rings. The average molecular weight is 539 g/mol. The number of hydrogen-bond acceptors (Lipinski definition) is 5. The number of methoxy groups -OCH3 is 1. The van der Waals surface area contributed by atoms with Crippen LogP contribution in [0.4, 0.5) is 5.69 Å². The fraction of sp³-hybridized carbons (Fsp3) is 0.259. The van der Waals surface area contributed by atoms with Crippen molar-refractivity contribution in [2.45, 2.75) is 25.3 Å². The van der Waals surface area contributed by atoms with Gasteiger partial charge in [0.15, 0.2) is 0 Å². The lowest BCUT2D eigenvalue weighted by Gasteiger charge is -2.25. The summed E-state index contributed by atoms with van der Waals surface area (Å²) < 4.78 is 34.4. The van der Waals surface area contributed by atoms with Crippen molar-refractivity contribution < 1.29 is 17.9 Å². The van der Waals surface area contributed by atoms with E-state index in [1.54, 1.807) is 37.0 Å². The average Bonchev–Trinajstić information content (AvgIpc) is 3.66. The summed E-state index contributed by atoms with van der Waals surface area (Å²) in [5.41, 5.74) is 4.55. The van der Waals surface area contributed by atoms with Crippen LogP contribution in [0.2, 0.25) is 5.02 Å². The third-order valence-electron chi connectivity index (χ3n) is 6.52. The van der Waals surface area contributed by atoms with Gasteiger partial charge in [0.2, 0.25) is 10.0 Å². The molecule has 192 valence electrons. The Morgan fingerprint density at radius 2 is 1.84 bits per heavy atom. The topological polar surface area (TPSA) is 93.0 Å². The number of benzene rings is 2. The Morgan fingerprint density at radius 1 is 1.16 bits per heavy atom. The van der Waals surface area contributed by atoms with E-state index in [-0.39, 0.29) is 18.4 Å². The van der Waals surface area contributed by atoms with Crippen molar-refractivity contribution >= 4 is 38.7 Å². The molecule has 0 aliphatic heterocycles. The molecule has 0 atom stereocenters. The normalized spacial score (nSPS) is 13.5. The van der Waals surface area contributed by atoms with Crippen molar-refractivity contribution in [3.63, 3.8) is 0 Å². The zero-order valence-electron chi connectivity index (χ0n) is 20.7. The van der Waals surface area contributed by atoms with Gasteiger partial charge < -0.3 is 10.1 Å². The Kier molecular flexibility index (Phi) is 6.59. The van der Waals surface area contributed by atoms with Crippen LogP contribution < -0.4 is 14.4 Å². The zero-order chi connectivity index (χ0) is 26.3. The molecule has 2 aromatic heterocycles. The second kappa shape index (κ2) is 9.72. The van der Waals surface area contributed by atoms with Crippen molar-refractivity contribution in [1.29, 1.82) is 0 Å². The number of rotatable bonds is 8. The molecule has 0 radical (unpaired) electrons. The van der Waals surface area contributed by atoms with E-state index >= 15 is 0 Å². The molecule has 2 heterocycles. The number of ether oxygens (including phenoxy) is 1. The molecule has 4 aromatic rings. The molecule has 0 bridgehead atoms. The van der Waals surface area contributed by atoms with Crippen LogP contribution in [0.3, 0.4) is 0 Å². The largest absolute Gasteiger partial charge is 0.497 e. The summed E-state index contributed by atoms with van der Waals surface area (Å²) in [6.07, 6.45) is 4.84. The molecule has 5 rings (SSSR count). The lowest BCUT2D eigenvalue weighted by Crippen LogP contribution is -2.30. The lowest BCUT2D eigenvalue weighted by atomic mass is 10.0. The fourth-order valence-corrected chi connectivity index (χ4v) is 5.48. The summed E-state index contributed by atoms with van der Waals surface area (Å²) in [6.45, 7) is 0.154. The molecule has 0 unspecified atom stereocenters. The van der Waals surface area contributed by atoms with Crippen LogP contribution in [0.1, 0.15) is 40.2 Å². The maximum absolute atomic E-state index is 13.1. The van der Waals surface area contributed by atoms with Gasteiger partial charge in [-0.2, -0.15) is 5.10 Å². The summed E-state index contributed by atoms with van der Waals surface area (Å²) in [4.78, 5) is 13.0. The number of amides is 1. The molecular formula is C27H27ClN4O4S. The third-order valence-corrected chi connectivity index (χ3v) is 7.90. The van der Waals surface area contributed by atoms with Crippen molar-refractivity contribution in [2.75, 3.05) is 24.7 Å². The van der Waals surface area contributed by atoms with Crippen LogP contribution in [-0.2, 0) is 16.6 Å². The van der Waals surface area contributed by atoms with Gasteiger partial charge in [0.1, 0.15) is 11.4 Å². The molecule has 0 spiro atoms. The molecule has 1 saturated carbocycles. The molecule has 2 aromatic carbocycles. The summed E-state index contributed by atoms with van der Waals surface area (Å²) in [6, 6.07) is 16.3. The quantitative estimate of drug-likeness (QED) is 0.345. The van der Waals surface area contributed by atoms with Gasteiger partial charge in [-0.15, -0.1) is 0 Å². The minimum Gasteiger partial charge on any atom is -0.497 e. The van der Waals surface area contributed by atoms with Crippen LogP contribution in [0.25, 0.3) is 16.8 Å². The summed E-state index contributed by atoms with van der Waals surface area (Å²) in [7, 11) is -0.478. The van der Waals surface area contributed by atoms with Crippen LogP contribution in [0, 0.1) is 0 Å². The maximum Gasteiger partial charge on any atom is 0.255 e. The summed E-state index contributed by atoms with van der Waals surface area (Å²) in [5.74, 6) is 0.641. The first-order valence-electron chi connectivity index (χ1n) is 11.8. The van der Waals surface area contributed by atoms with Gasteiger partial charge in [-0.05, 0) is 60.2 Å². The van der Waals surface area contributed by atoms with Gasteiger partial charge in [0.25, 0.3) is 5.91 Å². The second-order valence-electron chi connectivity index (χ2n) is 9.15. The molecule has 1 N–H and O–H groups in total. The monoisotopic (exact) mass is 538 g/mol. The predicted molar refractivity (Wildman–Crippen MR) is 145 cm³/mol. The number of sulfonamides is 1. The van der Waals surface area contributed by atoms with E-state index in [0.29, 0.717) is 33.2 Å².